The van der Waals surface area contributed by atoms with Crippen molar-refractivity contribution in [2.75, 3.05) is 7.11 Å². The van der Waals surface area contributed by atoms with Crippen molar-refractivity contribution in [3.05, 3.63) is 77.4 Å². The Hall–Kier alpha value is -3.14. The van der Waals surface area contributed by atoms with E-state index in [1.165, 1.54) is 0 Å². The van der Waals surface area contributed by atoms with Gasteiger partial charge in [-0.05, 0) is 53.4 Å². The van der Waals surface area contributed by atoms with E-state index in [-0.39, 0.29) is 11.7 Å². The van der Waals surface area contributed by atoms with E-state index in [0.29, 0.717) is 29.7 Å². The summed E-state index contributed by atoms with van der Waals surface area (Å²) in [7, 11) is 1.62. The molecule has 3 aromatic carbocycles. The minimum atomic E-state index is -0.840. The lowest BCUT2D eigenvalue weighted by Crippen LogP contribution is -2.41. The van der Waals surface area contributed by atoms with Crippen molar-refractivity contribution in [2.45, 2.75) is 44.9 Å². The number of unbranched alkanes of at least 4 members (excludes halogenated alkanes) is 1. The highest BCUT2D eigenvalue weighted by atomic mass is 16.5. The fourth-order valence-electron chi connectivity index (χ4n) is 4.16. The molecule has 156 valence electrons. The summed E-state index contributed by atoms with van der Waals surface area (Å²) in [6, 6.07) is 18.7. The smallest absolute Gasteiger partial charge is 0.228 e. The molecule has 3 rings (SSSR count). The standard InChI is InChI=1S/C26H29NO3/c1-4-6-14-26(5-2,25(27)29)23-16-20(24(28)18-10-8-7-9-11-18)15-19-12-13-21(30-3)17-22(19)23/h7-13,15-17H,4-6,14H2,1-3H3,(H2,27,29). The molecule has 0 spiro atoms. The Kier molecular flexibility index (Phi) is 6.56. The van der Waals surface area contributed by atoms with Crippen LogP contribution in [0.5, 0.6) is 5.75 Å². The number of primary amides is 1. The average molecular weight is 404 g/mol. The van der Waals surface area contributed by atoms with E-state index < -0.39 is 5.41 Å². The molecule has 0 saturated heterocycles. The molecule has 4 heteroatoms. The van der Waals surface area contributed by atoms with Gasteiger partial charge in [0.15, 0.2) is 5.78 Å². The number of carbonyl (C=O) groups is 2. The van der Waals surface area contributed by atoms with Gasteiger partial charge in [0.05, 0.1) is 12.5 Å². The predicted octanol–water partition coefficient (Wildman–Crippen LogP) is 5.40. The largest absolute Gasteiger partial charge is 0.497 e. The Morgan fingerprint density at radius 2 is 1.70 bits per heavy atom. The lowest BCUT2D eigenvalue weighted by Gasteiger charge is -2.32. The summed E-state index contributed by atoms with van der Waals surface area (Å²) in [6.45, 7) is 4.08. The van der Waals surface area contributed by atoms with E-state index in [4.69, 9.17) is 10.5 Å². The first-order chi connectivity index (χ1) is 14.5. The molecule has 0 heterocycles. The van der Waals surface area contributed by atoms with Crippen molar-refractivity contribution >= 4 is 22.5 Å². The van der Waals surface area contributed by atoms with Crippen molar-refractivity contribution < 1.29 is 14.3 Å². The van der Waals surface area contributed by atoms with Gasteiger partial charge in [0.2, 0.25) is 5.91 Å². The van der Waals surface area contributed by atoms with Crippen LogP contribution in [0, 0.1) is 0 Å². The third-order valence-electron chi connectivity index (χ3n) is 6.01. The maximum absolute atomic E-state index is 13.2. The number of benzene rings is 3. The van der Waals surface area contributed by atoms with Gasteiger partial charge in [-0.2, -0.15) is 0 Å². The molecule has 0 fully saturated rings. The molecule has 0 saturated carbocycles. The van der Waals surface area contributed by atoms with E-state index in [0.717, 1.165) is 29.2 Å². The highest BCUT2D eigenvalue weighted by Crippen LogP contribution is 2.40. The Bertz CT molecular complexity index is 1060. The summed E-state index contributed by atoms with van der Waals surface area (Å²) in [4.78, 5) is 26.0. The third kappa shape index (κ3) is 3.95. The van der Waals surface area contributed by atoms with Crippen LogP contribution in [0.15, 0.2) is 60.7 Å². The molecular formula is C26H29NO3. The molecule has 2 N–H and O–H groups in total. The first kappa shape index (κ1) is 21.6. The van der Waals surface area contributed by atoms with Crippen molar-refractivity contribution in [3.8, 4) is 5.75 Å². The number of carbonyl (C=O) groups excluding carboxylic acids is 2. The maximum Gasteiger partial charge on any atom is 0.228 e. The lowest BCUT2D eigenvalue weighted by atomic mass is 9.71. The second-order valence-electron chi connectivity index (χ2n) is 7.71. The quantitative estimate of drug-likeness (QED) is 0.486. The molecule has 30 heavy (non-hydrogen) atoms. The number of amides is 1. The van der Waals surface area contributed by atoms with Gasteiger partial charge in [-0.3, -0.25) is 9.59 Å². The van der Waals surface area contributed by atoms with Crippen LogP contribution >= 0.6 is 0 Å². The lowest BCUT2D eigenvalue weighted by molar-refractivity contribution is -0.124. The van der Waals surface area contributed by atoms with Gasteiger partial charge in [0, 0.05) is 11.1 Å². The van der Waals surface area contributed by atoms with Crippen molar-refractivity contribution in [2.24, 2.45) is 5.73 Å². The number of fused-ring (bicyclic) bond motifs is 1. The first-order valence-corrected chi connectivity index (χ1v) is 10.5. The number of rotatable bonds is 9. The number of ether oxygens (including phenoxy) is 1. The summed E-state index contributed by atoms with van der Waals surface area (Å²) < 4.78 is 5.43. The van der Waals surface area contributed by atoms with Gasteiger partial charge < -0.3 is 10.5 Å². The van der Waals surface area contributed by atoms with Crippen molar-refractivity contribution in [3.63, 3.8) is 0 Å². The highest BCUT2D eigenvalue weighted by molar-refractivity contribution is 6.11. The van der Waals surface area contributed by atoms with E-state index in [2.05, 4.69) is 6.92 Å². The fraction of sp³-hybridized carbons (Fsp3) is 0.308. The van der Waals surface area contributed by atoms with E-state index in [1.807, 2.05) is 55.5 Å². The van der Waals surface area contributed by atoms with Gasteiger partial charge in [-0.25, -0.2) is 0 Å². The predicted molar refractivity (Wildman–Crippen MR) is 121 cm³/mol. The number of hydrogen-bond donors (Lipinski definition) is 1. The molecule has 1 unspecified atom stereocenters. The van der Waals surface area contributed by atoms with Crippen LogP contribution in [0.3, 0.4) is 0 Å². The van der Waals surface area contributed by atoms with Gasteiger partial charge in [-0.1, -0.05) is 63.1 Å². The van der Waals surface area contributed by atoms with E-state index in [1.54, 1.807) is 19.2 Å². The van der Waals surface area contributed by atoms with Crippen LogP contribution in [0.25, 0.3) is 10.8 Å². The Morgan fingerprint density at radius 1 is 0.967 bits per heavy atom. The molecule has 1 amide bonds. The summed E-state index contributed by atoms with van der Waals surface area (Å²) in [5.41, 5.74) is 7.14. The molecular weight excluding hydrogens is 374 g/mol. The molecule has 0 aliphatic rings. The van der Waals surface area contributed by atoms with Gasteiger partial charge in [0.1, 0.15) is 5.75 Å². The second kappa shape index (κ2) is 9.12. The highest BCUT2D eigenvalue weighted by Gasteiger charge is 2.38. The maximum atomic E-state index is 13.2. The van der Waals surface area contributed by atoms with Gasteiger partial charge in [0.25, 0.3) is 0 Å². The van der Waals surface area contributed by atoms with Crippen LogP contribution in [0.1, 0.15) is 61.0 Å². The zero-order chi connectivity index (χ0) is 21.7. The summed E-state index contributed by atoms with van der Waals surface area (Å²) in [5.74, 6) is 0.280. The molecule has 1 atom stereocenters. The number of methoxy groups -OCH3 is 1. The van der Waals surface area contributed by atoms with Crippen LogP contribution in [-0.4, -0.2) is 18.8 Å². The topological polar surface area (TPSA) is 69.4 Å². The summed E-state index contributed by atoms with van der Waals surface area (Å²) in [6.07, 6.45) is 3.04. The first-order valence-electron chi connectivity index (χ1n) is 10.5. The molecule has 4 nitrogen and oxygen atoms in total. The summed E-state index contributed by atoms with van der Waals surface area (Å²) >= 11 is 0. The van der Waals surface area contributed by atoms with Crippen LogP contribution in [0.4, 0.5) is 0 Å². The van der Waals surface area contributed by atoms with Crippen LogP contribution in [0.2, 0.25) is 0 Å². The Labute approximate surface area is 178 Å². The normalized spacial score (nSPS) is 13.0. The summed E-state index contributed by atoms with van der Waals surface area (Å²) in [5, 5.41) is 1.79. The zero-order valence-corrected chi connectivity index (χ0v) is 17.9. The minimum absolute atomic E-state index is 0.0699. The molecule has 0 aliphatic heterocycles. The second-order valence-corrected chi connectivity index (χ2v) is 7.71. The van der Waals surface area contributed by atoms with Crippen LogP contribution in [-0.2, 0) is 10.2 Å². The third-order valence-corrected chi connectivity index (χ3v) is 6.01. The fourth-order valence-corrected chi connectivity index (χ4v) is 4.16. The zero-order valence-electron chi connectivity index (χ0n) is 17.9. The monoisotopic (exact) mass is 403 g/mol. The van der Waals surface area contributed by atoms with Gasteiger partial charge in [-0.15, -0.1) is 0 Å². The number of ketones is 1. The van der Waals surface area contributed by atoms with Crippen molar-refractivity contribution in [1.29, 1.82) is 0 Å². The van der Waals surface area contributed by atoms with E-state index >= 15 is 0 Å². The molecule has 0 aliphatic carbocycles. The Morgan fingerprint density at radius 3 is 2.30 bits per heavy atom. The number of hydrogen-bond acceptors (Lipinski definition) is 3. The van der Waals surface area contributed by atoms with Gasteiger partial charge >= 0.3 is 0 Å². The SMILES string of the molecule is CCCCC(CC)(C(N)=O)c1cc(C(=O)c2ccccc2)cc2ccc(OC)cc12. The van der Waals surface area contributed by atoms with Crippen LogP contribution < -0.4 is 10.5 Å². The average Bonchev–Trinajstić information content (AvgIpc) is 2.79. The molecule has 0 bridgehead atoms. The van der Waals surface area contributed by atoms with Crippen molar-refractivity contribution in [1.82, 2.24) is 0 Å². The number of nitrogens with two attached hydrogens (primary N) is 1. The molecule has 0 aromatic heterocycles. The molecule has 0 radical (unpaired) electrons. The minimum Gasteiger partial charge on any atom is -0.497 e. The Balaban J connectivity index is 2.31. The molecule has 3 aromatic rings. The van der Waals surface area contributed by atoms with E-state index in [9.17, 15) is 9.59 Å².